The average Bonchev–Trinajstić information content (AvgIpc) is 3.25. The highest BCUT2D eigenvalue weighted by atomic mass is 16.5. The maximum absolute atomic E-state index is 12.4. The van der Waals surface area contributed by atoms with Crippen LogP contribution in [-0.2, 0) is 14.3 Å². The molecule has 2 fully saturated rings. The summed E-state index contributed by atoms with van der Waals surface area (Å²) in [5.74, 6) is -0.704. The minimum absolute atomic E-state index is 0.00747. The SMILES string of the molecule is CC(CNC(=O)OCC1c2ccccc2-c2ccccc21)CC(=O)N[C@@H]1C[C@H]2C[C@@]2(C(=O)O)C1. The zero-order valence-electron chi connectivity index (χ0n) is 19.3. The molecule has 2 aromatic rings. The number of carboxylic acid groups (broad SMARTS) is 1. The average molecular weight is 463 g/mol. The van der Waals surface area contributed by atoms with Crippen LogP contribution < -0.4 is 10.6 Å². The van der Waals surface area contributed by atoms with E-state index < -0.39 is 17.5 Å². The first-order chi connectivity index (χ1) is 16.4. The van der Waals surface area contributed by atoms with Crippen molar-refractivity contribution in [1.82, 2.24) is 10.6 Å². The fourth-order valence-electron chi connectivity index (χ4n) is 5.85. The number of carboxylic acids is 1. The Bertz CT molecular complexity index is 1090. The number of hydrogen-bond acceptors (Lipinski definition) is 4. The third-order valence-corrected chi connectivity index (χ3v) is 7.68. The number of fused-ring (bicyclic) bond motifs is 4. The molecule has 0 aromatic heterocycles. The van der Waals surface area contributed by atoms with Crippen LogP contribution in [0.2, 0.25) is 0 Å². The first kappa shape index (κ1) is 22.4. The number of alkyl carbamates (subject to hydrolysis) is 1. The molecule has 0 radical (unpaired) electrons. The Morgan fingerprint density at radius 3 is 2.32 bits per heavy atom. The summed E-state index contributed by atoms with van der Waals surface area (Å²) >= 11 is 0. The van der Waals surface area contributed by atoms with E-state index >= 15 is 0 Å². The molecule has 0 bridgehead atoms. The molecule has 3 aliphatic rings. The zero-order chi connectivity index (χ0) is 23.9. The molecule has 3 aliphatic carbocycles. The van der Waals surface area contributed by atoms with Crippen LogP contribution in [-0.4, -0.2) is 42.3 Å². The molecule has 7 nitrogen and oxygen atoms in total. The summed E-state index contributed by atoms with van der Waals surface area (Å²) in [5.41, 5.74) is 4.09. The van der Waals surface area contributed by atoms with Gasteiger partial charge in [-0.3, -0.25) is 9.59 Å². The van der Waals surface area contributed by atoms with E-state index in [9.17, 15) is 19.5 Å². The molecule has 7 heteroatoms. The standard InChI is InChI=1S/C27H30N2O5/c1-16(10-24(30)29-18-11-17-12-27(17,13-18)25(31)32)14-28-26(33)34-15-23-21-8-4-2-6-19(21)20-7-3-5-9-22(20)23/h2-9,16-18,23H,10-15H2,1H3,(H,28,33)(H,29,30)(H,31,32)/t16?,17-,18+,27+/m0/s1. The highest BCUT2D eigenvalue weighted by Crippen LogP contribution is 2.63. The third kappa shape index (κ3) is 4.15. The smallest absolute Gasteiger partial charge is 0.407 e. The van der Waals surface area contributed by atoms with Gasteiger partial charge in [-0.25, -0.2) is 4.79 Å². The number of nitrogens with one attached hydrogen (secondary N) is 2. The summed E-state index contributed by atoms with van der Waals surface area (Å²) in [6, 6.07) is 16.3. The minimum Gasteiger partial charge on any atom is -0.481 e. The number of rotatable bonds is 8. The van der Waals surface area contributed by atoms with Crippen LogP contribution in [0.1, 0.15) is 49.7 Å². The van der Waals surface area contributed by atoms with E-state index in [4.69, 9.17) is 4.74 Å². The lowest BCUT2D eigenvalue weighted by molar-refractivity contribution is -0.143. The Kier molecular flexibility index (Phi) is 5.80. The fourth-order valence-corrected chi connectivity index (χ4v) is 5.85. The van der Waals surface area contributed by atoms with E-state index in [-0.39, 0.29) is 42.7 Å². The second-order valence-corrected chi connectivity index (χ2v) is 10.1. The molecule has 34 heavy (non-hydrogen) atoms. The summed E-state index contributed by atoms with van der Waals surface area (Å²) in [4.78, 5) is 36.1. The molecule has 0 heterocycles. The van der Waals surface area contributed by atoms with Crippen LogP contribution in [0.4, 0.5) is 4.79 Å². The molecule has 1 unspecified atom stereocenters. The van der Waals surface area contributed by atoms with E-state index in [1.54, 1.807) is 0 Å². The first-order valence-corrected chi connectivity index (χ1v) is 12.0. The molecule has 2 amide bonds. The van der Waals surface area contributed by atoms with Gasteiger partial charge in [0, 0.05) is 24.9 Å². The normalized spacial score (nSPS) is 25.0. The lowest BCUT2D eigenvalue weighted by Crippen LogP contribution is -2.37. The Morgan fingerprint density at radius 1 is 1.06 bits per heavy atom. The molecule has 178 valence electrons. The summed E-state index contributed by atoms with van der Waals surface area (Å²) in [6.45, 7) is 2.48. The van der Waals surface area contributed by atoms with Crippen LogP contribution >= 0.6 is 0 Å². The maximum atomic E-state index is 12.4. The van der Waals surface area contributed by atoms with Gasteiger partial charge in [0.15, 0.2) is 0 Å². The minimum atomic E-state index is -0.741. The number of carbonyl (C=O) groups excluding carboxylic acids is 2. The molecule has 4 atom stereocenters. The molecule has 0 saturated heterocycles. The van der Waals surface area contributed by atoms with E-state index in [1.807, 2.05) is 31.2 Å². The van der Waals surface area contributed by atoms with Crippen LogP contribution in [0, 0.1) is 17.3 Å². The van der Waals surface area contributed by atoms with Crippen molar-refractivity contribution in [2.24, 2.45) is 17.3 Å². The molecular weight excluding hydrogens is 432 g/mol. The molecule has 0 aliphatic heterocycles. The van der Waals surface area contributed by atoms with E-state index in [1.165, 1.54) is 11.1 Å². The van der Waals surface area contributed by atoms with Crippen molar-refractivity contribution < 1.29 is 24.2 Å². The second kappa shape index (κ2) is 8.78. The van der Waals surface area contributed by atoms with Gasteiger partial charge in [0.1, 0.15) is 6.61 Å². The predicted octanol–water partition coefficient (Wildman–Crippen LogP) is 3.92. The van der Waals surface area contributed by atoms with Crippen molar-refractivity contribution >= 4 is 18.0 Å². The van der Waals surface area contributed by atoms with Gasteiger partial charge in [-0.05, 0) is 53.4 Å². The molecule has 2 saturated carbocycles. The second-order valence-electron chi connectivity index (χ2n) is 10.1. The Balaban J connectivity index is 1.06. The highest BCUT2D eigenvalue weighted by Gasteiger charge is 2.65. The number of amides is 2. The molecule has 2 aromatic carbocycles. The number of hydrogen-bond donors (Lipinski definition) is 3. The van der Waals surface area contributed by atoms with Crippen LogP contribution in [0.25, 0.3) is 11.1 Å². The van der Waals surface area contributed by atoms with Gasteiger partial charge in [0.05, 0.1) is 5.41 Å². The van der Waals surface area contributed by atoms with Gasteiger partial charge in [-0.2, -0.15) is 0 Å². The maximum Gasteiger partial charge on any atom is 0.407 e. The summed E-state index contributed by atoms with van der Waals surface area (Å²) in [6.07, 6.45) is 1.77. The summed E-state index contributed by atoms with van der Waals surface area (Å²) in [5, 5.41) is 15.1. The Morgan fingerprint density at radius 2 is 1.71 bits per heavy atom. The third-order valence-electron chi connectivity index (χ3n) is 7.68. The number of carbonyl (C=O) groups is 3. The van der Waals surface area contributed by atoms with Crippen molar-refractivity contribution in [2.45, 2.75) is 44.6 Å². The number of benzene rings is 2. The summed E-state index contributed by atoms with van der Waals surface area (Å²) in [7, 11) is 0. The van der Waals surface area contributed by atoms with Gasteiger partial charge in [0.25, 0.3) is 0 Å². The van der Waals surface area contributed by atoms with Gasteiger partial charge in [0.2, 0.25) is 5.91 Å². The molecular formula is C27H30N2O5. The fraction of sp³-hybridized carbons (Fsp3) is 0.444. The number of ether oxygens (including phenoxy) is 1. The number of aliphatic carboxylic acids is 1. The van der Waals surface area contributed by atoms with Gasteiger partial charge in [-0.1, -0.05) is 55.5 Å². The zero-order valence-corrected chi connectivity index (χ0v) is 19.3. The Hall–Kier alpha value is -3.35. The quantitative estimate of drug-likeness (QED) is 0.552. The van der Waals surface area contributed by atoms with Crippen molar-refractivity contribution in [3.8, 4) is 11.1 Å². The van der Waals surface area contributed by atoms with Crippen molar-refractivity contribution in [1.29, 1.82) is 0 Å². The van der Waals surface area contributed by atoms with Crippen LogP contribution in [0.5, 0.6) is 0 Å². The first-order valence-electron chi connectivity index (χ1n) is 12.0. The van der Waals surface area contributed by atoms with Crippen molar-refractivity contribution in [2.75, 3.05) is 13.2 Å². The van der Waals surface area contributed by atoms with Crippen molar-refractivity contribution in [3.05, 3.63) is 59.7 Å². The predicted molar refractivity (Wildman–Crippen MR) is 126 cm³/mol. The Labute approximate surface area is 198 Å². The van der Waals surface area contributed by atoms with Crippen LogP contribution in [0.15, 0.2) is 48.5 Å². The van der Waals surface area contributed by atoms with Gasteiger partial charge in [-0.15, -0.1) is 0 Å². The van der Waals surface area contributed by atoms with E-state index in [0.717, 1.165) is 24.0 Å². The highest BCUT2D eigenvalue weighted by molar-refractivity contribution is 5.81. The van der Waals surface area contributed by atoms with Gasteiger partial charge >= 0.3 is 12.1 Å². The molecule has 5 rings (SSSR count). The molecule has 0 spiro atoms. The van der Waals surface area contributed by atoms with Gasteiger partial charge < -0.3 is 20.5 Å². The largest absolute Gasteiger partial charge is 0.481 e. The van der Waals surface area contributed by atoms with E-state index in [2.05, 4.69) is 34.9 Å². The lowest BCUT2D eigenvalue weighted by atomic mass is 9.98. The van der Waals surface area contributed by atoms with Crippen LogP contribution in [0.3, 0.4) is 0 Å². The molecule has 3 N–H and O–H groups in total. The van der Waals surface area contributed by atoms with Crippen molar-refractivity contribution in [3.63, 3.8) is 0 Å². The monoisotopic (exact) mass is 462 g/mol. The topological polar surface area (TPSA) is 105 Å². The summed E-state index contributed by atoms with van der Waals surface area (Å²) < 4.78 is 5.55. The van der Waals surface area contributed by atoms with E-state index in [0.29, 0.717) is 13.0 Å². The lowest BCUT2D eigenvalue weighted by Gasteiger charge is -2.18.